The van der Waals surface area contributed by atoms with Crippen molar-refractivity contribution in [3.05, 3.63) is 93.6 Å². The smallest absolute Gasteiger partial charge is 0.427 e. The third-order valence-electron chi connectivity index (χ3n) is 8.44. The second kappa shape index (κ2) is 14.0. The van der Waals surface area contributed by atoms with Gasteiger partial charge in [-0.05, 0) is 44.2 Å². The number of amides is 1. The summed E-state index contributed by atoms with van der Waals surface area (Å²) < 4.78 is 7.20. The van der Waals surface area contributed by atoms with Crippen molar-refractivity contribution in [3.8, 4) is 23.0 Å². The monoisotopic (exact) mass is 609 g/mol. The Morgan fingerprint density at radius 3 is 2.47 bits per heavy atom. The quantitative estimate of drug-likeness (QED) is 0.219. The fourth-order valence-electron chi connectivity index (χ4n) is 6.15. The van der Waals surface area contributed by atoms with Crippen LogP contribution in [0.4, 0.5) is 4.79 Å². The van der Waals surface area contributed by atoms with Crippen LogP contribution in [0.25, 0.3) is 17.2 Å². The van der Waals surface area contributed by atoms with Gasteiger partial charge < -0.3 is 9.57 Å². The molecule has 2 N–H and O–H groups in total. The van der Waals surface area contributed by atoms with Gasteiger partial charge >= 0.3 is 6.09 Å². The zero-order chi connectivity index (χ0) is 31.2. The summed E-state index contributed by atoms with van der Waals surface area (Å²) in [7, 11) is 0. The minimum absolute atomic E-state index is 0.127. The van der Waals surface area contributed by atoms with E-state index >= 15 is 0 Å². The number of benzene rings is 1. The van der Waals surface area contributed by atoms with Gasteiger partial charge in [0.05, 0.1) is 30.4 Å². The van der Waals surface area contributed by atoms with E-state index in [4.69, 9.17) is 19.5 Å². The molecule has 3 aromatic heterocycles. The molecule has 11 nitrogen and oxygen atoms in total. The predicted molar refractivity (Wildman–Crippen MR) is 169 cm³/mol. The Balaban J connectivity index is 1.38. The zero-order valence-electron chi connectivity index (χ0n) is 25.8. The highest BCUT2D eigenvalue weighted by Crippen LogP contribution is 2.33. The molecule has 234 valence electrons. The summed E-state index contributed by atoms with van der Waals surface area (Å²) in [5.74, 6) is 1.83. The molecule has 0 radical (unpaired) electrons. The molecule has 45 heavy (non-hydrogen) atoms. The van der Waals surface area contributed by atoms with Crippen LogP contribution in [-0.4, -0.2) is 37.2 Å². The van der Waals surface area contributed by atoms with E-state index in [1.54, 1.807) is 23.2 Å². The number of nitrogens with one attached hydrogen (secondary N) is 2. The van der Waals surface area contributed by atoms with Gasteiger partial charge in [0.1, 0.15) is 12.0 Å². The highest BCUT2D eigenvalue weighted by molar-refractivity contribution is 5.71. The van der Waals surface area contributed by atoms with Gasteiger partial charge in [-0.3, -0.25) is 15.1 Å². The van der Waals surface area contributed by atoms with E-state index in [1.807, 2.05) is 43.3 Å². The first-order valence-electron chi connectivity index (χ1n) is 15.9. The largest absolute Gasteiger partial charge is 0.491 e. The van der Waals surface area contributed by atoms with Gasteiger partial charge in [-0.25, -0.2) is 24.3 Å². The number of nitrogens with zero attached hydrogens (tertiary/aromatic N) is 5. The maximum absolute atomic E-state index is 14.5. The molecule has 1 amide bonds. The number of rotatable bonds is 11. The summed E-state index contributed by atoms with van der Waals surface area (Å²) in [6, 6.07) is 11.6. The second-order valence-corrected chi connectivity index (χ2v) is 11.5. The lowest BCUT2D eigenvalue weighted by Crippen LogP contribution is -2.32. The van der Waals surface area contributed by atoms with Crippen LogP contribution >= 0.6 is 0 Å². The van der Waals surface area contributed by atoms with E-state index in [0.717, 1.165) is 78.8 Å². The molecule has 1 aliphatic heterocycles. The minimum Gasteiger partial charge on any atom is -0.491 e. The topological polar surface area (TPSA) is 133 Å². The number of hydrogen-bond donors (Lipinski definition) is 2. The highest BCUT2D eigenvalue weighted by Gasteiger charge is 2.28. The van der Waals surface area contributed by atoms with Crippen molar-refractivity contribution < 1.29 is 14.4 Å². The van der Waals surface area contributed by atoms with E-state index in [0.29, 0.717) is 30.3 Å². The van der Waals surface area contributed by atoms with Crippen LogP contribution < -0.4 is 21.1 Å². The molecule has 4 aromatic rings. The fourth-order valence-corrected chi connectivity index (χ4v) is 6.15. The minimum atomic E-state index is -0.526. The number of aryl methyl sites for hydroxylation is 1. The van der Waals surface area contributed by atoms with Crippen molar-refractivity contribution in [2.24, 2.45) is 0 Å². The van der Waals surface area contributed by atoms with Gasteiger partial charge in [0.15, 0.2) is 5.75 Å². The summed E-state index contributed by atoms with van der Waals surface area (Å²) in [6.45, 7) is 4.57. The number of pyridine rings is 1. The molecule has 2 fully saturated rings. The maximum Gasteiger partial charge on any atom is 0.427 e. The number of unbranched alkanes of at least 4 members (excludes halogenated alkanes) is 1. The lowest BCUT2D eigenvalue weighted by molar-refractivity contribution is 0.122. The Bertz CT molecular complexity index is 1680. The molecule has 1 saturated carbocycles. The maximum atomic E-state index is 14.5. The number of carbonyl (C=O) groups is 1. The van der Waals surface area contributed by atoms with Crippen LogP contribution in [0.1, 0.15) is 99.1 Å². The van der Waals surface area contributed by atoms with Gasteiger partial charge in [-0.2, -0.15) is 0 Å². The summed E-state index contributed by atoms with van der Waals surface area (Å²) in [5.41, 5.74) is 7.42. The van der Waals surface area contributed by atoms with Crippen molar-refractivity contribution in [3.63, 3.8) is 0 Å². The van der Waals surface area contributed by atoms with Crippen molar-refractivity contribution in [2.45, 2.75) is 83.7 Å². The molecule has 1 saturated heterocycles. The fraction of sp³-hybridized carbons (Fsp3) is 0.412. The van der Waals surface area contributed by atoms with Crippen LogP contribution in [-0.2, 0) is 17.7 Å². The van der Waals surface area contributed by atoms with E-state index in [9.17, 15) is 9.59 Å². The third kappa shape index (κ3) is 6.73. The summed E-state index contributed by atoms with van der Waals surface area (Å²) in [5, 5.41) is 2.75. The van der Waals surface area contributed by atoms with E-state index in [-0.39, 0.29) is 11.5 Å². The molecule has 0 spiro atoms. The molecule has 1 aliphatic carbocycles. The van der Waals surface area contributed by atoms with Gasteiger partial charge in [0.2, 0.25) is 5.95 Å². The molecule has 1 aromatic carbocycles. The van der Waals surface area contributed by atoms with E-state index in [2.05, 4.69) is 27.7 Å². The third-order valence-corrected chi connectivity index (χ3v) is 8.44. The number of hydrogen-bond acceptors (Lipinski definition) is 9. The Morgan fingerprint density at radius 1 is 0.978 bits per heavy atom. The lowest BCUT2D eigenvalue weighted by atomic mass is 9.88. The predicted octanol–water partition coefficient (Wildman–Crippen LogP) is 5.71. The molecule has 11 heteroatoms. The first-order chi connectivity index (χ1) is 22.1. The molecule has 0 bridgehead atoms. The molecular weight excluding hydrogens is 570 g/mol. The molecular formula is C34H39N7O4. The van der Waals surface area contributed by atoms with E-state index < -0.39 is 12.3 Å². The number of hydroxylamine groups is 1. The van der Waals surface area contributed by atoms with Crippen LogP contribution in [0.2, 0.25) is 0 Å². The Hall–Kier alpha value is -4.64. The average Bonchev–Trinajstić information content (AvgIpc) is 3.52. The standard InChI is InChI=1S/C34H39N7O4/c1-3-5-15-29-27(18-22-16-17-28(35-19-22)25-13-9-10-14-26(25)30-39-34(43)45-40-30)32(42)41(31(38-29)23-11-7-6-8-12-23)33-36-20-24(21-37-33)44-4-2/h9-10,13-14,16-17,19-21,23,30,40H,3-8,11-12,15,18H2,1-2H3,(H,39,43). The number of carbonyl (C=O) groups excluding carboxylic acids is 1. The van der Waals surface area contributed by atoms with Crippen LogP contribution in [0.5, 0.6) is 5.75 Å². The normalized spacial score (nSPS) is 16.8. The van der Waals surface area contributed by atoms with Crippen LogP contribution in [0, 0.1) is 0 Å². The van der Waals surface area contributed by atoms with Crippen LogP contribution in [0.15, 0.2) is 59.8 Å². The van der Waals surface area contributed by atoms with Crippen molar-refractivity contribution in [1.29, 1.82) is 0 Å². The SMILES string of the molecule is CCCCc1nc(C2CCCCC2)n(-c2ncc(OCC)cn2)c(=O)c1Cc1ccc(-c2ccccc2C2NOC(=O)N2)nc1. The van der Waals surface area contributed by atoms with E-state index in [1.165, 1.54) is 6.42 Å². The summed E-state index contributed by atoms with van der Waals surface area (Å²) in [6.07, 6.45) is 12.5. The Labute approximate surface area is 262 Å². The lowest BCUT2D eigenvalue weighted by Gasteiger charge is -2.25. The van der Waals surface area contributed by atoms with Gasteiger partial charge in [-0.1, -0.05) is 62.9 Å². The second-order valence-electron chi connectivity index (χ2n) is 11.5. The van der Waals surface area contributed by atoms with Gasteiger partial charge in [-0.15, -0.1) is 5.48 Å². The van der Waals surface area contributed by atoms with Gasteiger partial charge in [0.25, 0.3) is 5.56 Å². The Morgan fingerprint density at radius 2 is 1.78 bits per heavy atom. The zero-order valence-corrected chi connectivity index (χ0v) is 25.8. The average molecular weight is 610 g/mol. The highest BCUT2D eigenvalue weighted by atomic mass is 16.7. The van der Waals surface area contributed by atoms with Crippen molar-refractivity contribution in [1.82, 2.24) is 35.3 Å². The van der Waals surface area contributed by atoms with Crippen molar-refractivity contribution in [2.75, 3.05) is 6.61 Å². The number of aromatic nitrogens is 5. The Kier molecular flexibility index (Phi) is 9.44. The molecule has 1 unspecified atom stereocenters. The molecule has 6 rings (SSSR count). The van der Waals surface area contributed by atoms with Gasteiger partial charge in [0, 0.05) is 35.2 Å². The summed E-state index contributed by atoms with van der Waals surface area (Å²) >= 11 is 0. The molecule has 4 heterocycles. The molecule has 1 atom stereocenters. The first kappa shape index (κ1) is 30.4. The number of ether oxygens (including phenoxy) is 1. The summed E-state index contributed by atoms with van der Waals surface area (Å²) in [4.78, 5) is 50.1. The molecule has 2 aliphatic rings. The van der Waals surface area contributed by atoms with Crippen molar-refractivity contribution >= 4 is 6.09 Å². The van der Waals surface area contributed by atoms with Crippen LogP contribution in [0.3, 0.4) is 0 Å². The first-order valence-corrected chi connectivity index (χ1v) is 15.9.